The Morgan fingerprint density at radius 2 is 2.00 bits per heavy atom. The SMILES string of the molecule is Cc1csc(CO)c1S(=O)(=O)N(C)Cc1ccncc1. The Hall–Kier alpha value is -1.28. The van der Waals surface area contributed by atoms with E-state index in [1.165, 1.54) is 22.7 Å². The topological polar surface area (TPSA) is 70.5 Å². The molecule has 0 spiro atoms. The third-order valence-electron chi connectivity index (χ3n) is 2.96. The van der Waals surface area contributed by atoms with Gasteiger partial charge in [0.25, 0.3) is 0 Å². The molecule has 0 atom stereocenters. The van der Waals surface area contributed by atoms with Crippen LogP contribution in [-0.4, -0.2) is 29.9 Å². The van der Waals surface area contributed by atoms with E-state index in [1.807, 2.05) is 0 Å². The van der Waals surface area contributed by atoms with E-state index in [9.17, 15) is 13.5 Å². The fraction of sp³-hybridized carbons (Fsp3) is 0.308. The second kappa shape index (κ2) is 6.01. The van der Waals surface area contributed by atoms with E-state index in [0.29, 0.717) is 10.4 Å². The molecule has 2 aromatic rings. The first-order valence-corrected chi connectivity index (χ1v) is 8.32. The molecule has 0 aliphatic heterocycles. The minimum absolute atomic E-state index is 0.224. The van der Waals surface area contributed by atoms with E-state index < -0.39 is 10.0 Å². The molecular formula is C13H16N2O3S2. The van der Waals surface area contributed by atoms with Crippen LogP contribution in [0.15, 0.2) is 34.8 Å². The van der Waals surface area contributed by atoms with Crippen LogP contribution >= 0.6 is 11.3 Å². The predicted molar refractivity (Wildman–Crippen MR) is 77.9 cm³/mol. The van der Waals surface area contributed by atoms with Crippen LogP contribution in [0.1, 0.15) is 16.0 Å². The summed E-state index contributed by atoms with van der Waals surface area (Å²) < 4.78 is 26.5. The van der Waals surface area contributed by atoms with Crippen molar-refractivity contribution in [3.8, 4) is 0 Å². The van der Waals surface area contributed by atoms with Gasteiger partial charge in [-0.15, -0.1) is 11.3 Å². The summed E-state index contributed by atoms with van der Waals surface area (Å²) in [6.45, 7) is 1.74. The first-order chi connectivity index (χ1) is 9.46. The lowest BCUT2D eigenvalue weighted by Gasteiger charge is -2.18. The number of rotatable bonds is 5. The molecule has 0 saturated carbocycles. The number of aliphatic hydroxyl groups excluding tert-OH is 1. The molecule has 1 N–H and O–H groups in total. The van der Waals surface area contributed by atoms with Gasteiger partial charge in [-0.25, -0.2) is 8.42 Å². The first kappa shape index (κ1) is 15.1. The van der Waals surface area contributed by atoms with Crippen LogP contribution in [0.5, 0.6) is 0 Å². The number of aromatic nitrogens is 1. The average molecular weight is 312 g/mol. The van der Waals surface area contributed by atoms with Gasteiger partial charge >= 0.3 is 0 Å². The number of aryl methyl sites for hydroxylation is 1. The fourth-order valence-corrected chi connectivity index (χ4v) is 4.69. The highest BCUT2D eigenvalue weighted by molar-refractivity contribution is 7.89. The van der Waals surface area contributed by atoms with Gasteiger partial charge in [-0.3, -0.25) is 4.98 Å². The molecule has 5 nitrogen and oxygen atoms in total. The molecule has 2 heterocycles. The molecule has 0 fully saturated rings. The third kappa shape index (κ3) is 2.90. The maximum atomic E-state index is 12.6. The normalized spacial score (nSPS) is 12.0. The Morgan fingerprint density at radius 3 is 2.60 bits per heavy atom. The van der Waals surface area contributed by atoms with Crippen molar-refractivity contribution < 1.29 is 13.5 Å². The summed E-state index contributed by atoms with van der Waals surface area (Å²) in [5.41, 5.74) is 1.53. The number of thiophene rings is 1. The van der Waals surface area contributed by atoms with Crippen LogP contribution < -0.4 is 0 Å². The van der Waals surface area contributed by atoms with Crippen LogP contribution in [0.2, 0.25) is 0 Å². The molecule has 0 aliphatic carbocycles. The number of hydrogen-bond acceptors (Lipinski definition) is 5. The smallest absolute Gasteiger partial charge is 0.244 e. The number of nitrogens with zero attached hydrogens (tertiary/aromatic N) is 2. The zero-order valence-electron chi connectivity index (χ0n) is 11.3. The Kier molecular flexibility index (Phi) is 4.54. The zero-order valence-corrected chi connectivity index (χ0v) is 12.9. The van der Waals surface area contributed by atoms with Crippen LogP contribution in [0.3, 0.4) is 0 Å². The van der Waals surface area contributed by atoms with Crippen molar-refractivity contribution in [2.24, 2.45) is 0 Å². The maximum Gasteiger partial charge on any atom is 0.244 e. The van der Waals surface area contributed by atoms with Crippen LogP contribution in [0.4, 0.5) is 0 Å². The van der Waals surface area contributed by atoms with Gasteiger partial charge in [-0.05, 0) is 35.6 Å². The van der Waals surface area contributed by atoms with Crippen molar-refractivity contribution in [2.45, 2.75) is 25.0 Å². The Bertz CT molecular complexity index is 681. The molecule has 0 radical (unpaired) electrons. The van der Waals surface area contributed by atoms with Crippen molar-refractivity contribution in [3.05, 3.63) is 45.9 Å². The van der Waals surface area contributed by atoms with Crippen LogP contribution in [0, 0.1) is 6.92 Å². The standard InChI is InChI=1S/C13H16N2O3S2/c1-10-9-19-12(8-16)13(10)20(17,18)15(2)7-11-3-5-14-6-4-11/h3-6,9,16H,7-8H2,1-2H3. The van der Waals surface area contributed by atoms with E-state index in [1.54, 1.807) is 36.8 Å². The van der Waals surface area contributed by atoms with Gasteiger partial charge in [-0.2, -0.15) is 4.31 Å². The molecule has 0 amide bonds. The summed E-state index contributed by atoms with van der Waals surface area (Å²) in [6.07, 6.45) is 3.26. The van der Waals surface area contributed by atoms with E-state index in [-0.39, 0.29) is 18.0 Å². The molecule has 0 saturated heterocycles. The molecule has 2 rings (SSSR count). The molecule has 108 valence electrons. The van der Waals surface area contributed by atoms with Gasteiger partial charge in [0, 0.05) is 26.0 Å². The molecule has 2 aromatic heterocycles. The van der Waals surface area contributed by atoms with E-state index >= 15 is 0 Å². The average Bonchev–Trinajstić information content (AvgIpc) is 2.81. The summed E-state index contributed by atoms with van der Waals surface area (Å²) >= 11 is 1.26. The zero-order chi connectivity index (χ0) is 14.8. The highest BCUT2D eigenvalue weighted by atomic mass is 32.2. The Labute approximate surface area is 122 Å². The number of sulfonamides is 1. The largest absolute Gasteiger partial charge is 0.391 e. The van der Waals surface area contributed by atoms with Crippen molar-refractivity contribution in [2.75, 3.05) is 7.05 Å². The Morgan fingerprint density at radius 1 is 1.35 bits per heavy atom. The summed E-state index contributed by atoms with van der Waals surface area (Å²) in [4.78, 5) is 4.61. The lowest BCUT2D eigenvalue weighted by molar-refractivity contribution is 0.282. The highest BCUT2D eigenvalue weighted by Crippen LogP contribution is 2.29. The van der Waals surface area contributed by atoms with Gasteiger partial charge in [0.1, 0.15) is 4.90 Å². The highest BCUT2D eigenvalue weighted by Gasteiger charge is 2.27. The second-order valence-corrected chi connectivity index (χ2v) is 7.39. The van der Waals surface area contributed by atoms with Crippen molar-refractivity contribution in [1.29, 1.82) is 0 Å². The molecule has 7 heteroatoms. The number of aliphatic hydroxyl groups is 1. The fourth-order valence-electron chi connectivity index (χ4n) is 1.93. The van der Waals surface area contributed by atoms with Crippen LogP contribution in [-0.2, 0) is 23.2 Å². The summed E-state index contributed by atoms with van der Waals surface area (Å²) in [7, 11) is -2.07. The maximum absolute atomic E-state index is 12.6. The number of pyridine rings is 1. The molecule has 0 aromatic carbocycles. The Balaban J connectivity index is 2.32. The van der Waals surface area contributed by atoms with Gasteiger partial charge in [-0.1, -0.05) is 0 Å². The van der Waals surface area contributed by atoms with Gasteiger partial charge in [0.05, 0.1) is 11.5 Å². The third-order valence-corrected chi connectivity index (χ3v) is 6.21. The summed E-state index contributed by atoms with van der Waals surface area (Å²) in [5.74, 6) is 0. The monoisotopic (exact) mass is 312 g/mol. The molecule has 20 heavy (non-hydrogen) atoms. The molecular weight excluding hydrogens is 296 g/mol. The van der Waals surface area contributed by atoms with Gasteiger partial charge < -0.3 is 5.11 Å². The van der Waals surface area contributed by atoms with E-state index in [2.05, 4.69) is 4.98 Å². The summed E-state index contributed by atoms with van der Waals surface area (Å²) in [5, 5.41) is 11.0. The second-order valence-electron chi connectivity index (χ2n) is 4.45. The summed E-state index contributed by atoms with van der Waals surface area (Å²) in [6, 6.07) is 3.55. The lowest BCUT2D eigenvalue weighted by Crippen LogP contribution is -2.27. The lowest BCUT2D eigenvalue weighted by atomic mass is 10.3. The van der Waals surface area contributed by atoms with Crippen molar-refractivity contribution in [3.63, 3.8) is 0 Å². The minimum Gasteiger partial charge on any atom is -0.391 e. The first-order valence-electron chi connectivity index (χ1n) is 6.00. The minimum atomic E-state index is -3.60. The van der Waals surface area contributed by atoms with Gasteiger partial charge in [0.15, 0.2) is 0 Å². The van der Waals surface area contributed by atoms with E-state index in [4.69, 9.17) is 0 Å². The van der Waals surface area contributed by atoms with Crippen LogP contribution in [0.25, 0.3) is 0 Å². The van der Waals surface area contributed by atoms with Crippen molar-refractivity contribution >= 4 is 21.4 Å². The molecule has 0 unspecified atom stereocenters. The van der Waals surface area contributed by atoms with Crippen molar-refractivity contribution in [1.82, 2.24) is 9.29 Å². The molecule has 0 bridgehead atoms. The van der Waals surface area contributed by atoms with E-state index in [0.717, 1.165) is 5.56 Å². The molecule has 0 aliphatic rings. The number of hydrogen-bond donors (Lipinski definition) is 1. The quantitative estimate of drug-likeness (QED) is 0.913. The predicted octanol–water partition coefficient (Wildman–Crippen LogP) is 1.76. The van der Waals surface area contributed by atoms with Gasteiger partial charge in [0.2, 0.25) is 10.0 Å².